The lowest BCUT2D eigenvalue weighted by Gasteiger charge is -2.65. The Kier molecular flexibility index (Phi) is 4.92. The second kappa shape index (κ2) is 7.08. The van der Waals surface area contributed by atoms with Crippen molar-refractivity contribution in [2.24, 2.45) is 34.5 Å². The van der Waals surface area contributed by atoms with Gasteiger partial charge in [0.15, 0.2) is 0 Å². The van der Waals surface area contributed by atoms with E-state index < -0.39 is 17.1 Å². The zero-order valence-corrected chi connectivity index (χ0v) is 19.2. The van der Waals surface area contributed by atoms with Gasteiger partial charge >= 0.3 is 5.97 Å². The van der Waals surface area contributed by atoms with E-state index in [0.717, 1.165) is 51.4 Å². The predicted octanol–water partition coefficient (Wildman–Crippen LogP) is 4.13. The van der Waals surface area contributed by atoms with E-state index in [1.54, 1.807) is 0 Å². The number of hydrogen-bond donors (Lipinski definition) is 2. The second-order valence-corrected chi connectivity index (χ2v) is 11.5. The summed E-state index contributed by atoms with van der Waals surface area (Å²) in [6.07, 6.45) is 8.75. The van der Waals surface area contributed by atoms with Gasteiger partial charge in [-0.2, -0.15) is 0 Å². The highest BCUT2D eigenvalue weighted by molar-refractivity contribution is 5.66. The molecule has 0 bridgehead atoms. The summed E-state index contributed by atoms with van der Waals surface area (Å²) in [6, 6.07) is 0. The molecule has 0 spiro atoms. The third kappa shape index (κ3) is 2.91. The van der Waals surface area contributed by atoms with Crippen molar-refractivity contribution in [3.05, 3.63) is 24.0 Å². The molecule has 4 aliphatic carbocycles. The first-order valence-electron chi connectivity index (χ1n) is 12.2. The Labute approximate surface area is 185 Å². The standard InChI is InChI=1S/C26H38O5/c1-15-11-17(14-30-15)20-8-10-26(29)21-6-5-18-12-19(31-16(2)27)7-9-24(18,3)22(21)13-23(28)25(20,26)4/h11,18-23,28-29H,1,5-10,12-14H2,2-4H3/t18-,19+,20-,21-,22+,23-,24+,25+,26+/m1/s1. The van der Waals surface area contributed by atoms with Gasteiger partial charge in [0.2, 0.25) is 0 Å². The van der Waals surface area contributed by atoms with E-state index in [1.807, 2.05) is 6.08 Å². The maximum atomic E-state index is 12.3. The highest BCUT2D eigenvalue weighted by Crippen LogP contribution is 2.70. The minimum Gasteiger partial charge on any atom is -0.490 e. The van der Waals surface area contributed by atoms with Crippen molar-refractivity contribution < 1.29 is 24.5 Å². The summed E-state index contributed by atoms with van der Waals surface area (Å²) in [5.74, 6) is 1.64. The number of rotatable bonds is 2. The van der Waals surface area contributed by atoms with Crippen LogP contribution in [-0.2, 0) is 14.3 Å². The number of carbonyl (C=O) groups excluding carboxylic acids is 1. The molecule has 0 amide bonds. The number of allylic oxidation sites excluding steroid dienone is 1. The lowest BCUT2D eigenvalue weighted by Crippen LogP contribution is -2.67. The topological polar surface area (TPSA) is 76.0 Å². The quantitative estimate of drug-likeness (QED) is 0.644. The first-order valence-corrected chi connectivity index (χ1v) is 12.2. The molecule has 5 nitrogen and oxygen atoms in total. The fraction of sp³-hybridized carbons (Fsp3) is 0.808. The fourth-order valence-electron chi connectivity index (χ4n) is 8.77. The summed E-state index contributed by atoms with van der Waals surface area (Å²) in [6.45, 7) is 10.5. The largest absolute Gasteiger partial charge is 0.490 e. The van der Waals surface area contributed by atoms with E-state index in [0.29, 0.717) is 24.2 Å². The molecule has 2 N–H and O–H groups in total. The molecule has 0 saturated heterocycles. The van der Waals surface area contributed by atoms with Gasteiger partial charge in [0.25, 0.3) is 0 Å². The number of aliphatic hydroxyl groups excluding tert-OH is 1. The molecule has 4 fully saturated rings. The Balaban J connectivity index is 1.44. The van der Waals surface area contributed by atoms with Crippen LogP contribution in [0.4, 0.5) is 0 Å². The van der Waals surface area contributed by atoms with Crippen molar-refractivity contribution in [3.8, 4) is 0 Å². The van der Waals surface area contributed by atoms with Crippen LogP contribution in [0.3, 0.4) is 0 Å². The molecule has 1 aliphatic heterocycles. The van der Waals surface area contributed by atoms with Gasteiger partial charge in [0.1, 0.15) is 18.5 Å². The first kappa shape index (κ1) is 21.5. The fourth-order valence-corrected chi connectivity index (χ4v) is 8.77. The number of carbonyl (C=O) groups is 1. The van der Waals surface area contributed by atoms with Crippen LogP contribution in [0, 0.1) is 34.5 Å². The first-order chi connectivity index (χ1) is 14.6. The molecule has 0 radical (unpaired) electrons. The number of aliphatic hydroxyl groups is 2. The monoisotopic (exact) mass is 430 g/mol. The highest BCUT2D eigenvalue weighted by atomic mass is 16.5. The average Bonchev–Trinajstić information content (AvgIpc) is 3.24. The third-order valence-electron chi connectivity index (χ3n) is 10.4. The summed E-state index contributed by atoms with van der Waals surface area (Å²) in [5.41, 5.74) is -0.139. The van der Waals surface area contributed by atoms with Crippen LogP contribution < -0.4 is 0 Å². The van der Waals surface area contributed by atoms with Gasteiger partial charge < -0.3 is 19.7 Å². The Hall–Kier alpha value is -1.33. The van der Waals surface area contributed by atoms with E-state index >= 15 is 0 Å². The van der Waals surface area contributed by atoms with E-state index in [4.69, 9.17) is 9.47 Å². The van der Waals surface area contributed by atoms with E-state index in [2.05, 4.69) is 20.4 Å². The number of hydrogen-bond acceptors (Lipinski definition) is 5. The number of ether oxygens (including phenoxy) is 2. The van der Waals surface area contributed by atoms with Crippen LogP contribution in [-0.4, -0.2) is 40.6 Å². The smallest absolute Gasteiger partial charge is 0.302 e. The lowest BCUT2D eigenvalue weighted by atomic mass is 9.42. The maximum Gasteiger partial charge on any atom is 0.302 e. The predicted molar refractivity (Wildman–Crippen MR) is 117 cm³/mol. The third-order valence-corrected chi connectivity index (χ3v) is 10.4. The van der Waals surface area contributed by atoms with Gasteiger partial charge in [-0.25, -0.2) is 0 Å². The molecule has 1 heterocycles. The molecular formula is C26H38O5. The van der Waals surface area contributed by atoms with Crippen LogP contribution in [0.5, 0.6) is 0 Å². The van der Waals surface area contributed by atoms with Crippen LogP contribution in [0.15, 0.2) is 24.0 Å². The van der Waals surface area contributed by atoms with Crippen molar-refractivity contribution in [3.63, 3.8) is 0 Å². The number of esters is 1. The minimum atomic E-state index is -0.856. The van der Waals surface area contributed by atoms with Gasteiger partial charge in [-0.1, -0.05) is 20.4 Å². The molecule has 0 aromatic heterocycles. The van der Waals surface area contributed by atoms with Crippen molar-refractivity contribution in [1.82, 2.24) is 0 Å². The van der Waals surface area contributed by atoms with E-state index in [9.17, 15) is 15.0 Å². The molecule has 5 rings (SSSR count). The molecule has 172 valence electrons. The van der Waals surface area contributed by atoms with Gasteiger partial charge in [0, 0.05) is 12.3 Å². The zero-order valence-electron chi connectivity index (χ0n) is 19.2. The summed E-state index contributed by atoms with van der Waals surface area (Å²) in [4.78, 5) is 11.5. The van der Waals surface area contributed by atoms with Crippen LogP contribution in [0.1, 0.15) is 72.1 Å². The number of fused-ring (bicyclic) bond motifs is 5. The molecule has 5 aliphatic rings. The molecule has 9 atom stereocenters. The van der Waals surface area contributed by atoms with Crippen LogP contribution >= 0.6 is 0 Å². The van der Waals surface area contributed by atoms with E-state index in [-0.39, 0.29) is 29.3 Å². The van der Waals surface area contributed by atoms with Crippen molar-refractivity contribution in [1.29, 1.82) is 0 Å². The molecule has 5 heteroatoms. The molecule has 4 saturated carbocycles. The van der Waals surface area contributed by atoms with Crippen LogP contribution in [0.25, 0.3) is 0 Å². The Bertz CT molecular complexity index is 819. The Morgan fingerprint density at radius 1 is 1.16 bits per heavy atom. The average molecular weight is 431 g/mol. The van der Waals surface area contributed by atoms with Gasteiger partial charge in [0.05, 0.1) is 11.7 Å². The van der Waals surface area contributed by atoms with Crippen molar-refractivity contribution >= 4 is 5.97 Å². The Morgan fingerprint density at radius 3 is 2.61 bits per heavy atom. The van der Waals surface area contributed by atoms with Crippen molar-refractivity contribution in [2.45, 2.75) is 89.9 Å². The van der Waals surface area contributed by atoms with Gasteiger partial charge in [-0.05, 0) is 92.1 Å². The van der Waals surface area contributed by atoms with Gasteiger partial charge in [-0.15, -0.1) is 0 Å². The van der Waals surface area contributed by atoms with Crippen LogP contribution in [0.2, 0.25) is 0 Å². The van der Waals surface area contributed by atoms with E-state index in [1.165, 1.54) is 12.5 Å². The molecule has 0 unspecified atom stereocenters. The lowest BCUT2D eigenvalue weighted by molar-refractivity contribution is -0.245. The summed E-state index contributed by atoms with van der Waals surface area (Å²) in [5, 5.41) is 23.9. The molecule has 31 heavy (non-hydrogen) atoms. The maximum absolute atomic E-state index is 12.3. The summed E-state index contributed by atoms with van der Waals surface area (Å²) >= 11 is 0. The Morgan fingerprint density at radius 2 is 1.94 bits per heavy atom. The highest BCUT2D eigenvalue weighted by Gasteiger charge is 2.70. The normalized spacial score (nSPS) is 51.3. The SMILES string of the molecule is C=C1C=C([C@H]2CC[C@]3(O)[C@@H]4CC[C@@H]5C[C@@H](OC(C)=O)CC[C@]5(C)[C@H]4C[C@@H](O)[C@]23C)CO1. The zero-order chi connectivity index (χ0) is 22.2. The second-order valence-electron chi connectivity index (χ2n) is 11.5. The molecule has 0 aromatic rings. The summed E-state index contributed by atoms with van der Waals surface area (Å²) < 4.78 is 11.2. The van der Waals surface area contributed by atoms with Crippen molar-refractivity contribution in [2.75, 3.05) is 6.61 Å². The molecular weight excluding hydrogens is 392 g/mol. The minimum absolute atomic E-state index is 0.0206. The van der Waals surface area contributed by atoms with Gasteiger partial charge in [-0.3, -0.25) is 4.79 Å². The molecule has 0 aromatic carbocycles. The summed E-state index contributed by atoms with van der Waals surface area (Å²) in [7, 11) is 0.